The smallest absolute Gasteiger partial charge is 0.253 e. The van der Waals surface area contributed by atoms with Crippen molar-refractivity contribution >= 4 is 11.8 Å². The van der Waals surface area contributed by atoms with Crippen molar-refractivity contribution in [2.24, 2.45) is 0 Å². The Bertz CT molecular complexity index is 1020. The maximum Gasteiger partial charge on any atom is 0.253 e. The number of hydrogen-bond donors (Lipinski definition) is 0. The zero-order valence-electron chi connectivity index (χ0n) is 18.5. The van der Waals surface area contributed by atoms with E-state index >= 15 is 0 Å². The summed E-state index contributed by atoms with van der Waals surface area (Å²) in [7, 11) is 3.44. The van der Waals surface area contributed by atoms with Crippen LogP contribution in [0.15, 0.2) is 48.5 Å². The van der Waals surface area contributed by atoms with Crippen LogP contribution in [-0.2, 0) is 10.8 Å². The van der Waals surface area contributed by atoms with Gasteiger partial charge in [-0.1, -0.05) is 24.3 Å². The number of hydrogen-bond acceptors (Lipinski definition) is 4. The Kier molecular flexibility index (Phi) is 5.48. The molecule has 2 amide bonds. The Labute approximate surface area is 188 Å². The highest BCUT2D eigenvalue weighted by atomic mass is 16.2. The van der Waals surface area contributed by atoms with Gasteiger partial charge in [-0.25, -0.2) is 0 Å². The summed E-state index contributed by atoms with van der Waals surface area (Å²) in [6.45, 7) is 0.807. The number of nitriles is 2. The van der Waals surface area contributed by atoms with E-state index in [1.165, 1.54) is 0 Å². The highest BCUT2D eigenvalue weighted by molar-refractivity contribution is 5.95. The second kappa shape index (κ2) is 8.13. The van der Waals surface area contributed by atoms with E-state index in [0.717, 1.165) is 36.8 Å². The molecule has 0 bridgehead atoms. The second-order valence-corrected chi connectivity index (χ2v) is 9.00. The molecule has 0 aromatic heterocycles. The third-order valence-electron chi connectivity index (χ3n) is 6.76. The molecule has 2 saturated carbocycles. The molecule has 6 nitrogen and oxygen atoms in total. The van der Waals surface area contributed by atoms with Crippen LogP contribution in [0.3, 0.4) is 0 Å². The quantitative estimate of drug-likeness (QED) is 0.676. The molecule has 2 aliphatic rings. The molecular weight excluding hydrogens is 400 g/mol. The summed E-state index contributed by atoms with van der Waals surface area (Å²) in [6, 6.07) is 19.3. The summed E-state index contributed by atoms with van der Waals surface area (Å²) < 4.78 is 0. The molecule has 0 heterocycles. The van der Waals surface area contributed by atoms with Crippen molar-refractivity contribution in [2.45, 2.75) is 36.5 Å². The van der Waals surface area contributed by atoms with Gasteiger partial charge in [0.2, 0.25) is 0 Å². The minimum atomic E-state index is -0.359. The van der Waals surface area contributed by atoms with Gasteiger partial charge in [0.25, 0.3) is 11.8 Å². The van der Waals surface area contributed by atoms with Crippen LogP contribution in [0.2, 0.25) is 0 Å². The number of nitrogens with zero attached hydrogens (tertiary/aromatic N) is 4. The summed E-state index contributed by atoms with van der Waals surface area (Å²) >= 11 is 0. The van der Waals surface area contributed by atoms with Crippen molar-refractivity contribution in [2.75, 3.05) is 27.2 Å². The van der Waals surface area contributed by atoms with Gasteiger partial charge in [-0.15, -0.1) is 0 Å². The molecule has 2 aromatic carbocycles. The molecule has 6 heteroatoms. The Morgan fingerprint density at radius 2 is 1.03 bits per heavy atom. The minimum absolute atomic E-state index is 0.116. The molecule has 0 atom stereocenters. The van der Waals surface area contributed by atoms with Gasteiger partial charge in [-0.3, -0.25) is 9.59 Å². The van der Waals surface area contributed by atoms with Crippen LogP contribution in [0.1, 0.15) is 57.5 Å². The Hall–Kier alpha value is -3.64. The van der Waals surface area contributed by atoms with Crippen LogP contribution in [0.4, 0.5) is 0 Å². The lowest BCUT2D eigenvalue weighted by Crippen LogP contribution is -2.37. The van der Waals surface area contributed by atoms with E-state index < -0.39 is 0 Å². The predicted octanol–water partition coefficient (Wildman–Crippen LogP) is 3.64. The van der Waals surface area contributed by atoms with Gasteiger partial charge in [0.15, 0.2) is 0 Å². The van der Waals surface area contributed by atoms with Crippen molar-refractivity contribution < 1.29 is 9.59 Å². The van der Waals surface area contributed by atoms with Crippen LogP contribution in [0.5, 0.6) is 0 Å². The summed E-state index contributed by atoms with van der Waals surface area (Å²) in [5.74, 6) is -0.232. The molecule has 162 valence electrons. The van der Waals surface area contributed by atoms with Crippen molar-refractivity contribution in [3.05, 3.63) is 70.8 Å². The fraction of sp³-hybridized carbons (Fsp3) is 0.385. The fourth-order valence-corrected chi connectivity index (χ4v) is 3.99. The zero-order chi connectivity index (χ0) is 22.9. The van der Waals surface area contributed by atoms with Gasteiger partial charge in [-0.05, 0) is 61.1 Å². The second-order valence-electron chi connectivity index (χ2n) is 9.00. The van der Waals surface area contributed by atoms with E-state index in [-0.39, 0.29) is 22.6 Å². The Morgan fingerprint density at radius 3 is 1.28 bits per heavy atom. The van der Waals surface area contributed by atoms with Gasteiger partial charge in [0, 0.05) is 38.3 Å². The summed E-state index contributed by atoms with van der Waals surface area (Å²) in [5, 5.41) is 18.6. The number of benzene rings is 2. The molecule has 0 radical (unpaired) electrons. The molecule has 0 spiro atoms. The highest BCUT2D eigenvalue weighted by Crippen LogP contribution is 2.48. The first-order chi connectivity index (χ1) is 15.3. The lowest BCUT2D eigenvalue weighted by Gasteiger charge is -2.23. The third kappa shape index (κ3) is 3.97. The molecule has 2 aromatic rings. The highest BCUT2D eigenvalue weighted by Gasteiger charge is 2.45. The maximum atomic E-state index is 12.7. The first kappa shape index (κ1) is 21.6. The summed E-state index contributed by atoms with van der Waals surface area (Å²) in [5.41, 5.74) is 2.36. The maximum absolute atomic E-state index is 12.7. The zero-order valence-corrected chi connectivity index (χ0v) is 18.5. The topological polar surface area (TPSA) is 88.2 Å². The van der Waals surface area contributed by atoms with Crippen LogP contribution < -0.4 is 0 Å². The van der Waals surface area contributed by atoms with E-state index in [1.54, 1.807) is 48.2 Å². The van der Waals surface area contributed by atoms with E-state index in [1.807, 2.05) is 24.3 Å². The molecule has 32 heavy (non-hydrogen) atoms. The number of rotatable bonds is 7. The fourth-order valence-electron chi connectivity index (χ4n) is 3.99. The van der Waals surface area contributed by atoms with Gasteiger partial charge >= 0.3 is 0 Å². The Morgan fingerprint density at radius 1 is 0.719 bits per heavy atom. The first-order valence-electron chi connectivity index (χ1n) is 10.9. The Balaban J connectivity index is 1.31. The van der Waals surface area contributed by atoms with E-state index in [4.69, 9.17) is 0 Å². The summed E-state index contributed by atoms with van der Waals surface area (Å²) in [6.07, 6.45) is 3.50. The largest absolute Gasteiger partial charge is 0.340 e. The van der Waals surface area contributed by atoms with Crippen molar-refractivity contribution in [3.63, 3.8) is 0 Å². The molecule has 0 aliphatic heterocycles. The third-order valence-corrected chi connectivity index (χ3v) is 6.76. The monoisotopic (exact) mass is 426 g/mol. The number of carbonyl (C=O) groups excluding carboxylic acids is 2. The van der Waals surface area contributed by atoms with Gasteiger partial charge in [0.1, 0.15) is 0 Å². The number of amides is 2. The lowest BCUT2D eigenvalue weighted by molar-refractivity contribution is 0.0718. The normalized spacial score (nSPS) is 16.9. The SMILES string of the molecule is CN(CCN(C)C(=O)c1ccc(C2(C#N)CC2)cc1)C(=O)c1ccc(C2(C#N)CC2)cc1. The van der Waals surface area contributed by atoms with Crippen molar-refractivity contribution in [3.8, 4) is 12.1 Å². The van der Waals surface area contributed by atoms with Crippen LogP contribution >= 0.6 is 0 Å². The molecular formula is C26H26N4O2. The van der Waals surface area contributed by atoms with Gasteiger partial charge in [-0.2, -0.15) is 10.5 Å². The molecule has 4 rings (SSSR count). The van der Waals surface area contributed by atoms with Crippen molar-refractivity contribution in [1.82, 2.24) is 9.80 Å². The van der Waals surface area contributed by atoms with Crippen LogP contribution in [0.25, 0.3) is 0 Å². The summed E-state index contributed by atoms with van der Waals surface area (Å²) in [4.78, 5) is 28.7. The van der Waals surface area contributed by atoms with Crippen LogP contribution in [-0.4, -0.2) is 48.8 Å². The average molecular weight is 427 g/mol. The van der Waals surface area contributed by atoms with Crippen LogP contribution in [0, 0.1) is 22.7 Å². The van der Waals surface area contributed by atoms with Crippen molar-refractivity contribution in [1.29, 1.82) is 10.5 Å². The predicted molar refractivity (Wildman–Crippen MR) is 120 cm³/mol. The molecule has 0 unspecified atom stereocenters. The van der Waals surface area contributed by atoms with Gasteiger partial charge in [0.05, 0.1) is 23.0 Å². The van der Waals surface area contributed by atoms with E-state index in [0.29, 0.717) is 24.2 Å². The average Bonchev–Trinajstić information content (AvgIpc) is 3.76. The van der Waals surface area contributed by atoms with E-state index in [2.05, 4.69) is 12.1 Å². The minimum Gasteiger partial charge on any atom is -0.340 e. The standard InChI is InChI=1S/C26H26N4O2/c1-29(23(31)19-3-7-21(8-4-19)25(17-27)11-12-25)15-16-30(2)24(32)20-5-9-22(10-6-20)26(18-28)13-14-26/h3-10H,11-16H2,1-2H3. The van der Waals surface area contributed by atoms with E-state index in [9.17, 15) is 20.1 Å². The molecule has 0 N–H and O–H groups in total. The van der Waals surface area contributed by atoms with Gasteiger partial charge < -0.3 is 9.80 Å². The number of carbonyl (C=O) groups is 2. The molecule has 0 saturated heterocycles. The molecule has 2 fully saturated rings. The first-order valence-corrected chi connectivity index (χ1v) is 10.9. The lowest BCUT2D eigenvalue weighted by atomic mass is 9.96. The molecule has 2 aliphatic carbocycles. The number of likely N-dealkylation sites (N-methyl/N-ethyl adjacent to an activating group) is 2.